The van der Waals surface area contributed by atoms with E-state index in [1.165, 1.54) is 0 Å². The molecule has 0 saturated carbocycles. The molecule has 0 spiro atoms. The smallest absolute Gasteiger partial charge is 0.277 e. The third kappa shape index (κ3) is 4.74. The van der Waals surface area contributed by atoms with Crippen LogP contribution in [0.2, 0.25) is 0 Å². The molecule has 3 rings (SSSR count). The second-order valence-electron chi connectivity index (χ2n) is 5.51. The summed E-state index contributed by atoms with van der Waals surface area (Å²) in [5.74, 6) is 2.10. The number of nitrogens with one attached hydrogen (secondary N) is 1. The molecular formula is C19H19N3O5S. The van der Waals surface area contributed by atoms with Crippen LogP contribution in [0, 0.1) is 0 Å². The van der Waals surface area contributed by atoms with Crippen LogP contribution in [-0.4, -0.2) is 43.2 Å². The van der Waals surface area contributed by atoms with Gasteiger partial charge in [-0.05, 0) is 30.3 Å². The second-order valence-corrected chi connectivity index (χ2v) is 6.44. The van der Waals surface area contributed by atoms with Crippen molar-refractivity contribution in [1.82, 2.24) is 10.2 Å². The quantitative estimate of drug-likeness (QED) is 0.573. The lowest BCUT2D eigenvalue weighted by atomic mass is 10.2. The Morgan fingerprint density at radius 1 is 1.04 bits per heavy atom. The molecule has 8 nitrogen and oxygen atoms in total. The molecule has 146 valence electrons. The summed E-state index contributed by atoms with van der Waals surface area (Å²) in [6.07, 6.45) is 0. The van der Waals surface area contributed by atoms with Crippen LogP contribution in [0.5, 0.6) is 17.2 Å². The minimum Gasteiger partial charge on any atom is -0.497 e. The van der Waals surface area contributed by atoms with Gasteiger partial charge < -0.3 is 23.9 Å². The minimum absolute atomic E-state index is 0.130. The second kappa shape index (κ2) is 9.14. The number of benzene rings is 2. The molecule has 0 bridgehead atoms. The van der Waals surface area contributed by atoms with E-state index in [-0.39, 0.29) is 11.7 Å². The molecule has 28 heavy (non-hydrogen) atoms. The molecule has 0 aliphatic rings. The number of carbonyl (C=O) groups excluding carboxylic acids is 1. The maximum atomic E-state index is 12.1. The van der Waals surface area contributed by atoms with Gasteiger partial charge in [0.15, 0.2) is 11.5 Å². The number of thioether (sulfide) groups is 1. The molecule has 1 heterocycles. The molecule has 1 aromatic heterocycles. The van der Waals surface area contributed by atoms with E-state index in [2.05, 4.69) is 15.5 Å². The number of amides is 1. The summed E-state index contributed by atoms with van der Waals surface area (Å²) in [5, 5.41) is 11.1. The average molecular weight is 401 g/mol. The van der Waals surface area contributed by atoms with Gasteiger partial charge in [-0.1, -0.05) is 17.8 Å². The molecule has 3 aromatic rings. The number of methoxy groups -OCH3 is 3. The maximum absolute atomic E-state index is 12.1. The van der Waals surface area contributed by atoms with Gasteiger partial charge in [0, 0.05) is 17.3 Å². The topological polar surface area (TPSA) is 95.7 Å². The van der Waals surface area contributed by atoms with Crippen LogP contribution in [0.15, 0.2) is 52.1 Å². The zero-order valence-corrected chi connectivity index (χ0v) is 16.4. The summed E-state index contributed by atoms with van der Waals surface area (Å²) in [6, 6.07) is 12.4. The van der Waals surface area contributed by atoms with Crippen LogP contribution in [-0.2, 0) is 4.79 Å². The summed E-state index contributed by atoms with van der Waals surface area (Å²) in [4.78, 5) is 12.1. The van der Waals surface area contributed by atoms with Crippen LogP contribution >= 0.6 is 11.8 Å². The molecule has 9 heteroatoms. The van der Waals surface area contributed by atoms with Crippen molar-refractivity contribution in [2.24, 2.45) is 0 Å². The Morgan fingerprint density at radius 3 is 2.61 bits per heavy atom. The van der Waals surface area contributed by atoms with Crippen LogP contribution in [0.25, 0.3) is 11.5 Å². The van der Waals surface area contributed by atoms with Gasteiger partial charge in [-0.3, -0.25) is 4.79 Å². The number of hydrogen-bond donors (Lipinski definition) is 1. The minimum atomic E-state index is -0.191. The van der Waals surface area contributed by atoms with E-state index in [1.807, 2.05) is 0 Å². The van der Waals surface area contributed by atoms with E-state index >= 15 is 0 Å². The molecule has 1 N–H and O–H groups in total. The number of rotatable bonds is 8. The number of ether oxygens (including phenoxy) is 3. The third-order valence-electron chi connectivity index (χ3n) is 3.72. The van der Waals surface area contributed by atoms with Crippen molar-refractivity contribution in [1.29, 1.82) is 0 Å². The Hall–Kier alpha value is -3.20. The molecule has 1 amide bonds. The summed E-state index contributed by atoms with van der Waals surface area (Å²) in [6.45, 7) is 0. The predicted molar refractivity (Wildman–Crippen MR) is 105 cm³/mol. The molecule has 0 aliphatic carbocycles. The largest absolute Gasteiger partial charge is 0.497 e. The van der Waals surface area contributed by atoms with E-state index in [4.69, 9.17) is 18.6 Å². The van der Waals surface area contributed by atoms with Gasteiger partial charge in [-0.25, -0.2) is 0 Å². The normalized spacial score (nSPS) is 10.4. The molecule has 0 unspecified atom stereocenters. The molecule has 0 radical (unpaired) electrons. The first-order valence-corrected chi connectivity index (χ1v) is 9.24. The van der Waals surface area contributed by atoms with Crippen molar-refractivity contribution in [3.8, 4) is 28.7 Å². The zero-order valence-electron chi connectivity index (χ0n) is 15.6. The maximum Gasteiger partial charge on any atom is 0.277 e. The predicted octanol–water partition coefficient (Wildman–Crippen LogP) is 3.49. The first kappa shape index (κ1) is 19.6. The van der Waals surface area contributed by atoms with Crippen molar-refractivity contribution in [3.05, 3.63) is 42.5 Å². The summed E-state index contributed by atoms with van der Waals surface area (Å²) < 4.78 is 21.2. The summed E-state index contributed by atoms with van der Waals surface area (Å²) in [7, 11) is 4.69. The number of carbonyl (C=O) groups is 1. The van der Waals surface area contributed by atoms with Gasteiger partial charge in [0.25, 0.3) is 5.22 Å². The van der Waals surface area contributed by atoms with Crippen LogP contribution in [0.4, 0.5) is 5.69 Å². The molecule has 0 fully saturated rings. The lowest BCUT2D eigenvalue weighted by Crippen LogP contribution is -2.13. The fraction of sp³-hybridized carbons (Fsp3) is 0.211. The van der Waals surface area contributed by atoms with Crippen LogP contribution < -0.4 is 19.5 Å². The number of nitrogens with zero attached hydrogens (tertiary/aromatic N) is 2. The van der Waals surface area contributed by atoms with Crippen molar-refractivity contribution >= 4 is 23.4 Å². The molecule has 0 aliphatic heterocycles. The lowest BCUT2D eigenvalue weighted by Gasteiger charge is -2.07. The van der Waals surface area contributed by atoms with Gasteiger partial charge in [0.2, 0.25) is 11.8 Å². The third-order valence-corrected chi connectivity index (χ3v) is 4.54. The van der Waals surface area contributed by atoms with Crippen molar-refractivity contribution < 1.29 is 23.4 Å². The fourth-order valence-electron chi connectivity index (χ4n) is 2.38. The SMILES string of the molecule is COc1cccc(NC(=O)CSc2nnc(-c3ccc(OC)c(OC)c3)o2)c1. The molecule has 0 saturated heterocycles. The first-order chi connectivity index (χ1) is 13.6. The highest BCUT2D eigenvalue weighted by Crippen LogP contribution is 2.32. The van der Waals surface area contributed by atoms with E-state index in [1.54, 1.807) is 63.8 Å². The number of aromatic nitrogens is 2. The highest BCUT2D eigenvalue weighted by molar-refractivity contribution is 7.99. The number of anilines is 1. The van der Waals surface area contributed by atoms with Crippen LogP contribution in [0.1, 0.15) is 0 Å². The van der Waals surface area contributed by atoms with E-state index in [0.717, 1.165) is 11.8 Å². The van der Waals surface area contributed by atoms with Gasteiger partial charge in [-0.2, -0.15) is 0 Å². The Balaban J connectivity index is 1.61. The van der Waals surface area contributed by atoms with Crippen LogP contribution in [0.3, 0.4) is 0 Å². The van der Waals surface area contributed by atoms with E-state index in [0.29, 0.717) is 39.6 Å². The average Bonchev–Trinajstić information content (AvgIpc) is 3.21. The molecule has 0 atom stereocenters. The summed E-state index contributed by atoms with van der Waals surface area (Å²) >= 11 is 1.15. The zero-order chi connectivity index (χ0) is 19.9. The van der Waals surface area contributed by atoms with Gasteiger partial charge in [0.1, 0.15) is 5.75 Å². The van der Waals surface area contributed by atoms with Crippen molar-refractivity contribution in [3.63, 3.8) is 0 Å². The molecule has 2 aromatic carbocycles. The Bertz CT molecular complexity index is 960. The van der Waals surface area contributed by atoms with Gasteiger partial charge in [0.05, 0.1) is 27.1 Å². The Morgan fingerprint density at radius 2 is 1.86 bits per heavy atom. The fourth-order valence-corrected chi connectivity index (χ4v) is 2.94. The van der Waals surface area contributed by atoms with Crippen molar-refractivity contribution in [2.75, 3.05) is 32.4 Å². The number of hydrogen-bond acceptors (Lipinski definition) is 8. The lowest BCUT2D eigenvalue weighted by molar-refractivity contribution is -0.113. The molecular weight excluding hydrogens is 382 g/mol. The highest BCUT2D eigenvalue weighted by atomic mass is 32.2. The first-order valence-electron chi connectivity index (χ1n) is 8.25. The van der Waals surface area contributed by atoms with E-state index in [9.17, 15) is 4.79 Å². The van der Waals surface area contributed by atoms with Crippen molar-refractivity contribution in [2.45, 2.75) is 5.22 Å². The van der Waals surface area contributed by atoms with Gasteiger partial charge in [-0.15, -0.1) is 10.2 Å². The Labute approximate surface area is 166 Å². The Kier molecular flexibility index (Phi) is 6.38. The standard InChI is InChI=1S/C19H19N3O5S/c1-24-14-6-4-5-13(10-14)20-17(23)11-28-19-22-21-18(27-19)12-7-8-15(25-2)16(9-12)26-3/h4-10H,11H2,1-3H3,(H,20,23). The highest BCUT2D eigenvalue weighted by Gasteiger charge is 2.14. The van der Waals surface area contributed by atoms with E-state index < -0.39 is 0 Å². The monoisotopic (exact) mass is 401 g/mol. The van der Waals surface area contributed by atoms with Gasteiger partial charge >= 0.3 is 0 Å². The summed E-state index contributed by atoms with van der Waals surface area (Å²) in [5.41, 5.74) is 1.35.